The molecule has 1 fully saturated rings. The molecule has 3 aliphatic rings. The van der Waals surface area contributed by atoms with Gasteiger partial charge in [0, 0.05) is 64.5 Å². The fourth-order valence-corrected chi connectivity index (χ4v) is 13.1. The Kier molecular flexibility index (Phi) is 9.37. The Morgan fingerprint density at radius 1 is 0.682 bits per heavy atom. The summed E-state index contributed by atoms with van der Waals surface area (Å²) in [5, 5.41) is 1.08. The van der Waals surface area contributed by atoms with E-state index in [1.54, 1.807) is 0 Å². The number of hydrogen-bond acceptors (Lipinski definition) is 8. The molecule has 0 bridgehead atoms. The number of fused-ring (bicyclic) bond motifs is 6. The van der Waals surface area contributed by atoms with E-state index in [0.29, 0.717) is 35.2 Å². The van der Waals surface area contributed by atoms with Gasteiger partial charge in [-0.25, -0.2) is 0 Å². The molecule has 0 spiro atoms. The molecule has 44 heavy (non-hydrogen) atoms. The first kappa shape index (κ1) is 30.7. The normalized spacial score (nSPS) is 22.8. The monoisotopic (exact) mass is 700 g/mol. The number of thioether (sulfide) groups is 2. The minimum atomic E-state index is -0.386. The van der Waals surface area contributed by atoms with Crippen molar-refractivity contribution in [2.75, 3.05) is 11.8 Å². The average Bonchev–Trinajstić information content (AvgIpc) is 3.80. The SMILES string of the molecule is O=C(CCl)OC(Cc1ccccc1)c1cc2c(s1)C1CC3Sc4cc(C(Cc5ccccc5)OC(=O)CCl)sc4C3CC1S2. The first-order valence-electron chi connectivity index (χ1n) is 14.7. The summed E-state index contributed by atoms with van der Waals surface area (Å²) >= 11 is 19.3. The van der Waals surface area contributed by atoms with Crippen molar-refractivity contribution in [3.63, 3.8) is 0 Å². The average molecular weight is 702 g/mol. The van der Waals surface area contributed by atoms with Crippen LogP contribution in [0.2, 0.25) is 0 Å². The summed E-state index contributed by atoms with van der Waals surface area (Å²) in [4.78, 5) is 32.2. The van der Waals surface area contributed by atoms with Crippen LogP contribution in [0, 0.1) is 0 Å². The molecule has 0 radical (unpaired) electrons. The molecule has 0 amide bonds. The van der Waals surface area contributed by atoms with Gasteiger partial charge in [-0.1, -0.05) is 60.7 Å². The Morgan fingerprint density at radius 2 is 1.09 bits per heavy atom. The van der Waals surface area contributed by atoms with Gasteiger partial charge in [-0.2, -0.15) is 0 Å². The van der Waals surface area contributed by atoms with Crippen molar-refractivity contribution in [2.24, 2.45) is 0 Å². The third kappa shape index (κ3) is 6.36. The Labute approximate surface area is 283 Å². The Bertz CT molecular complexity index is 1520. The largest absolute Gasteiger partial charge is 0.455 e. The van der Waals surface area contributed by atoms with Crippen molar-refractivity contribution in [2.45, 2.75) is 70.0 Å². The van der Waals surface area contributed by atoms with Gasteiger partial charge in [-0.15, -0.1) is 69.4 Å². The van der Waals surface area contributed by atoms with Crippen molar-refractivity contribution >= 4 is 81.3 Å². The Balaban J connectivity index is 1.08. The lowest BCUT2D eigenvalue weighted by Crippen LogP contribution is -2.28. The number of halogens is 2. The van der Waals surface area contributed by atoms with E-state index in [1.807, 2.05) is 82.6 Å². The number of rotatable bonds is 10. The number of hydrogen-bond donors (Lipinski definition) is 0. The summed E-state index contributed by atoms with van der Waals surface area (Å²) < 4.78 is 11.7. The predicted molar refractivity (Wildman–Crippen MR) is 182 cm³/mol. The zero-order chi connectivity index (χ0) is 30.2. The highest BCUT2D eigenvalue weighted by atomic mass is 35.5. The molecule has 2 aromatic heterocycles. The molecular weight excluding hydrogens is 672 g/mol. The molecule has 2 aliphatic heterocycles. The maximum Gasteiger partial charge on any atom is 0.321 e. The number of esters is 2. The van der Waals surface area contributed by atoms with Crippen LogP contribution in [0.5, 0.6) is 0 Å². The minimum Gasteiger partial charge on any atom is -0.455 e. The van der Waals surface area contributed by atoms with E-state index in [2.05, 4.69) is 36.4 Å². The first-order chi connectivity index (χ1) is 21.5. The molecule has 1 saturated carbocycles. The van der Waals surface area contributed by atoms with Crippen LogP contribution in [0.25, 0.3) is 0 Å². The van der Waals surface area contributed by atoms with E-state index in [0.717, 1.165) is 33.7 Å². The lowest BCUT2D eigenvalue weighted by molar-refractivity contribution is -0.147. The molecule has 6 atom stereocenters. The maximum absolute atomic E-state index is 12.2. The number of alkyl halides is 2. The van der Waals surface area contributed by atoms with Crippen molar-refractivity contribution in [1.29, 1.82) is 0 Å². The van der Waals surface area contributed by atoms with Gasteiger partial charge in [0.15, 0.2) is 0 Å². The minimum absolute atomic E-state index is 0.149. The lowest BCUT2D eigenvalue weighted by Gasteiger charge is -2.34. The molecule has 7 rings (SSSR count). The van der Waals surface area contributed by atoms with Crippen molar-refractivity contribution in [3.8, 4) is 0 Å². The van der Waals surface area contributed by atoms with Crippen molar-refractivity contribution in [3.05, 3.63) is 103 Å². The molecule has 2 aromatic carbocycles. The first-order valence-corrected chi connectivity index (χ1v) is 19.1. The van der Waals surface area contributed by atoms with Crippen LogP contribution in [0.1, 0.15) is 67.5 Å². The summed E-state index contributed by atoms with van der Waals surface area (Å²) in [7, 11) is 0. The van der Waals surface area contributed by atoms with Gasteiger partial charge >= 0.3 is 11.9 Å². The number of thiophene rings is 2. The second-order valence-corrected chi connectivity index (χ2v) is 16.7. The zero-order valence-corrected chi connectivity index (χ0v) is 28.4. The maximum atomic E-state index is 12.2. The molecule has 10 heteroatoms. The highest BCUT2D eigenvalue weighted by Gasteiger charge is 2.49. The van der Waals surface area contributed by atoms with E-state index in [9.17, 15) is 9.59 Å². The van der Waals surface area contributed by atoms with Crippen LogP contribution < -0.4 is 0 Å². The number of carbonyl (C=O) groups excluding carboxylic acids is 2. The third-order valence-electron chi connectivity index (χ3n) is 8.52. The van der Waals surface area contributed by atoms with Crippen molar-refractivity contribution < 1.29 is 19.1 Å². The fraction of sp³-hybridized carbons (Fsp3) is 0.353. The van der Waals surface area contributed by atoms with E-state index in [-0.39, 0.29) is 35.9 Å². The molecule has 6 unspecified atom stereocenters. The smallest absolute Gasteiger partial charge is 0.321 e. The van der Waals surface area contributed by atoms with Gasteiger partial charge in [0.1, 0.15) is 24.0 Å². The van der Waals surface area contributed by atoms with Gasteiger partial charge in [0.05, 0.1) is 0 Å². The van der Waals surface area contributed by atoms with E-state index in [1.165, 1.54) is 19.5 Å². The topological polar surface area (TPSA) is 52.6 Å². The number of carbonyl (C=O) groups is 2. The van der Waals surface area contributed by atoms with E-state index >= 15 is 0 Å². The second-order valence-electron chi connectivity index (χ2n) is 11.4. The zero-order valence-electron chi connectivity index (χ0n) is 23.7. The lowest BCUT2D eigenvalue weighted by atomic mass is 9.80. The molecule has 0 N–H and O–H groups in total. The quantitative estimate of drug-likeness (QED) is 0.121. The van der Waals surface area contributed by atoms with Crippen LogP contribution in [0.3, 0.4) is 0 Å². The van der Waals surface area contributed by atoms with Crippen LogP contribution in [-0.2, 0) is 31.9 Å². The summed E-state index contributed by atoms with van der Waals surface area (Å²) in [5.74, 6) is -0.0547. The van der Waals surface area contributed by atoms with E-state index < -0.39 is 0 Å². The number of benzene rings is 2. The third-order valence-corrected chi connectivity index (χ3v) is 14.8. The number of ether oxygens (including phenoxy) is 2. The highest BCUT2D eigenvalue weighted by Crippen LogP contribution is 2.64. The van der Waals surface area contributed by atoms with Gasteiger partial charge < -0.3 is 9.47 Å². The van der Waals surface area contributed by atoms with Crippen LogP contribution >= 0.6 is 69.4 Å². The molecular formula is C34H30Cl2O4S4. The standard InChI is InChI=1S/C34H30Cl2O4S4/c35-17-31(37)39-23(11-19-7-3-1-4-8-19)27-15-29-33(43-27)21-13-26-22(14-25(21)41-29)34-30(42-26)16-28(44-34)24(40-32(38)18-36)12-20-9-5-2-6-10-20/h1-10,15-16,21-26H,11-14,17-18H2. The summed E-state index contributed by atoms with van der Waals surface area (Å²) in [6.07, 6.45) is 2.87. The van der Waals surface area contributed by atoms with Crippen LogP contribution in [0.15, 0.2) is 82.6 Å². The van der Waals surface area contributed by atoms with Gasteiger partial charge in [-0.05, 0) is 36.1 Å². The predicted octanol–water partition coefficient (Wildman–Crippen LogP) is 9.55. The van der Waals surface area contributed by atoms with E-state index in [4.69, 9.17) is 32.7 Å². The van der Waals surface area contributed by atoms with Gasteiger partial charge in [0.2, 0.25) is 0 Å². The van der Waals surface area contributed by atoms with Crippen molar-refractivity contribution in [1.82, 2.24) is 0 Å². The fourth-order valence-electron chi connectivity index (χ4n) is 6.54. The van der Waals surface area contributed by atoms with Gasteiger partial charge in [-0.3, -0.25) is 9.59 Å². The summed E-state index contributed by atoms with van der Waals surface area (Å²) in [6.45, 7) is 0. The molecule has 4 heterocycles. The van der Waals surface area contributed by atoms with Crippen LogP contribution in [0.4, 0.5) is 0 Å². The molecule has 4 nitrogen and oxygen atoms in total. The molecule has 0 saturated heterocycles. The van der Waals surface area contributed by atoms with Gasteiger partial charge in [0.25, 0.3) is 0 Å². The van der Waals surface area contributed by atoms with Crippen LogP contribution in [-0.4, -0.2) is 34.2 Å². The molecule has 1 aliphatic carbocycles. The summed E-state index contributed by atoms with van der Waals surface area (Å²) in [5.41, 5.74) is 2.27. The Hall–Kier alpha value is -1.94. The summed E-state index contributed by atoms with van der Waals surface area (Å²) in [6, 6.07) is 24.9. The second kappa shape index (κ2) is 13.4. The molecule has 4 aromatic rings. The highest BCUT2D eigenvalue weighted by molar-refractivity contribution is 8.01. The Morgan fingerprint density at radius 3 is 1.48 bits per heavy atom. The molecule has 228 valence electrons.